The lowest BCUT2D eigenvalue weighted by Crippen LogP contribution is -2.34. The SMILES string of the molecule is COc1cccc2c(NC3CC(C)C3)nccc12. The van der Waals surface area contributed by atoms with Crippen molar-refractivity contribution in [3.8, 4) is 5.75 Å². The Labute approximate surface area is 107 Å². The summed E-state index contributed by atoms with van der Waals surface area (Å²) in [5, 5.41) is 5.79. The van der Waals surface area contributed by atoms with Gasteiger partial charge in [0.1, 0.15) is 11.6 Å². The highest BCUT2D eigenvalue weighted by Gasteiger charge is 2.25. The van der Waals surface area contributed by atoms with Crippen molar-refractivity contribution in [1.29, 1.82) is 0 Å². The summed E-state index contributed by atoms with van der Waals surface area (Å²) >= 11 is 0. The number of nitrogens with zero attached hydrogens (tertiary/aromatic N) is 1. The van der Waals surface area contributed by atoms with Gasteiger partial charge in [0, 0.05) is 23.0 Å². The first-order valence-corrected chi connectivity index (χ1v) is 6.46. The molecule has 1 aromatic heterocycles. The summed E-state index contributed by atoms with van der Waals surface area (Å²) in [5.74, 6) is 2.72. The topological polar surface area (TPSA) is 34.1 Å². The molecule has 0 unspecified atom stereocenters. The van der Waals surface area contributed by atoms with Crippen molar-refractivity contribution in [3.05, 3.63) is 30.5 Å². The van der Waals surface area contributed by atoms with Crippen LogP contribution in [0.3, 0.4) is 0 Å². The third kappa shape index (κ3) is 1.90. The third-order valence-electron chi connectivity index (χ3n) is 3.70. The average molecular weight is 242 g/mol. The van der Waals surface area contributed by atoms with Crippen molar-refractivity contribution in [2.75, 3.05) is 12.4 Å². The van der Waals surface area contributed by atoms with Gasteiger partial charge in [0.05, 0.1) is 7.11 Å². The minimum absolute atomic E-state index is 0.573. The quantitative estimate of drug-likeness (QED) is 0.895. The number of ether oxygens (including phenoxy) is 1. The largest absolute Gasteiger partial charge is 0.496 e. The maximum absolute atomic E-state index is 5.39. The highest BCUT2D eigenvalue weighted by molar-refractivity contribution is 5.95. The van der Waals surface area contributed by atoms with Gasteiger partial charge in [0.25, 0.3) is 0 Å². The zero-order chi connectivity index (χ0) is 12.5. The van der Waals surface area contributed by atoms with Crippen LogP contribution in [0.4, 0.5) is 5.82 Å². The Bertz CT molecular complexity index is 561. The van der Waals surface area contributed by atoms with Crippen LogP contribution >= 0.6 is 0 Å². The molecule has 1 aliphatic carbocycles. The summed E-state index contributed by atoms with van der Waals surface area (Å²) in [4.78, 5) is 4.46. The molecule has 1 N–H and O–H groups in total. The molecule has 1 aromatic carbocycles. The highest BCUT2D eigenvalue weighted by Crippen LogP contribution is 2.33. The van der Waals surface area contributed by atoms with Gasteiger partial charge in [0.15, 0.2) is 0 Å². The predicted octanol–water partition coefficient (Wildman–Crippen LogP) is 3.45. The average Bonchev–Trinajstić information content (AvgIpc) is 2.36. The van der Waals surface area contributed by atoms with E-state index in [-0.39, 0.29) is 0 Å². The summed E-state index contributed by atoms with van der Waals surface area (Å²) in [5.41, 5.74) is 0. The first-order valence-electron chi connectivity index (χ1n) is 6.46. The van der Waals surface area contributed by atoms with E-state index in [1.54, 1.807) is 7.11 Å². The van der Waals surface area contributed by atoms with Gasteiger partial charge in [-0.1, -0.05) is 19.1 Å². The number of benzene rings is 1. The van der Waals surface area contributed by atoms with E-state index in [0.717, 1.165) is 28.3 Å². The fourth-order valence-corrected chi connectivity index (χ4v) is 2.68. The number of rotatable bonds is 3. The fraction of sp³-hybridized carbons (Fsp3) is 0.400. The molecule has 3 rings (SSSR count). The van der Waals surface area contributed by atoms with Crippen LogP contribution in [0, 0.1) is 5.92 Å². The van der Waals surface area contributed by atoms with Gasteiger partial charge in [-0.2, -0.15) is 0 Å². The van der Waals surface area contributed by atoms with E-state index in [0.29, 0.717) is 6.04 Å². The molecule has 0 saturated heterocycles. The van der Waals surface area contributed by atoms with Crippen LogP contribution in [-0.4, -0.2) is 18.1 Å². The van der Waals surface area contributed by atoms with E-state index in [2.05, 4.69) is 23.3 Å². The van der Waals surface area contributed by atoms with E-state index < -0.39 is 0 Å². The standard InChI is InChI=1S/C15H18N2O/c1-10-8-11(9-10)17-15-13-4-3-5-14(18-2)12(13)6-7-16-15/h3-7,10-11H,8-9H2,1-2H3,(H,16,17). The first kappa shape index (κ1) is 11.3. The number of pyridine rings is 1. The molecule has 0 spiro atoms. The van der Waals surface area contributed by atoms with Crippen molar-refractivity contribution in [3.63, 3.8) is 0 Å². The molecule has 18 heavy (non-hydrogen) atoms. The third-order valence-corrected chi connectivity index (χ3v) is 3.70. The molecule has 0 radical (unpaired) electrons. The fourth-order valence-electron chi connectivity index (χ4n) is 2.68. The number of anilines is 1. The van der Waals surface area contributed by atoms with Gasteiger partial charge in [-0.25, -0.2) is 4.98 Å². The summed E-state index contributed by atoms with van der Waals surface area (Å²) in [6.07, 6.45) is 4.32. The molecular weight excluding hydrogens is 224 g/mol. The van der Waals surface area contributed by atoms with Gasteiger partial charge in [-0.15, -0.1) is 0 Å². The van der Waals surface area contributed by atoms with Gasteiger partial charge < -0.3 is 10.1 Å². The Kier molecular flexibility index (Phi) is 2.82. The minimum Gasteiger partial charge on any atom is -0.496 e. The first-order chi connectivity index (χ1) is 8.78. The molecule has 1 aliphatic rings. The number of hydrogen-bond acceptors (Lipinski definition) is 3. The van der Waals surface area contributed by atoms with Crippen molar-refractivity contribution in [2.45, 2.75) is 25.8 Å². The molecule has 1 heterocycles. The highest BCUT2D eigenvalue weighted by atomic mass is 16.5. The zero-order valence-corrected chi connectivity index (χ0v) is 10.8. The number of methoxy groups -OCH3 is 1. The second-order valence-electron chi connectivity index (χ2n) is 5.13. The maximum atomic E-state index is 5.39. The summed E-state index contributed by atoms with van der Waals surface area (Å²) in [7, 11) is 1.70. The van der Waals surface area contributed by atoms with E-state index in [4.69, 9.17) is 4.74 Å². The van der Waals surface area contributed by atoms with Crippen LogP contribution in [0.5, 0.6) is 5.75 Å². The van der Waals surface area contributed by atoms with Crippen LogP contribution in [-0.2, 0) is 0 Å². The molecule has 2 aromatic rings. The lowest BCUT2D eigenvalue weighted by molar-refractivity contribution is 0.309. The van der Waals surface area contributed by atoms with Crippen LogP contribution < -0.4 is 10.1 Å². The Hall–Kier alpha value is -1.77. The van der Waals surface area contributed by atoms with Gasteiger partial charge >= 0.3 is 0 Å². The van der Waals surface area contributed by atoms with E-state index >= 15 is 0 Å². The summed E-state index contributed by atoms with van der Waals surface area (Å²) in [6.45, 7) is 2.29. The second kappa shape index (κ2) is 4.48. The number of aromatic nitrogens is 1. The summed E-state index contributed by atoms with van der Waals surface area (Å²) < 4.78 is 5.39. The normalized spacial score (nSPS) is 22.6. The minimum atomic E-state index is 0.573. The molecule has 0 atom stereocenters. The molecule has 3 heteroatoms. The summed E-state index contributed by atoms with van der Waals surface area (Å²) in [6, 6.07) is 8.66. The van der Waals surface area contributed by atoms with Crippen LogP contribution in [0.25, 0.3) is 10.8 Å². The van der Waals surface area contributed by atoms with Crippen molar-refractivity contribution in [1.82, 2.24) is 4.98 Å². The predicted molar refractivity (Wildman–Crippen MR) is 74.1 cm³/mol. The van der Waals surface area contributed by atoms with Crippen molar-refractivity contribution < 1.29 is 4.74 Å². The van der Waals surface area contributed by atoms with Crippen LogP contribution in [0.15, 0.2) is 30.5 Å². The van der Waals surface area contributed by atoms with Crippen LogP contribution in [0.2, 0.25) is 0 Å². The smallest absolute Gasteiger partial charge is 0.134 e. The maximum Gasteiger partial charge on any atom is 0.134 e. The lowest BCUT2D eigenvalue weighted by Gasteiger charge is -2.33. The molecular formula is C15H18N2O. The van der Waals surface area contributed by atoms with Gasteiger partial charge in [0.2, 0.25) is 0 Å². The van der Waals surface area contributed by atoms with Gasteiger partial charge in [-0.3, -0.25) is 0 Å². The molecule has 0 bridgehead atoms. The zero-order valence-electron chi connectivity index (χ0n) is 10.8. The van der Waals surface area contributed by atoms with E-state index in [1.165, 1.54) is 12.8 Å². The monoisotopic (exact) mass is 242 g/mol. The Morgan fingerprint density at radius 2 is 2.06 bits per heavy atom. The van der Waals surface area contributed by atoms with Crippen LogP contribution in [0.1, 0.15) is 19.8 Å². The Morgan fingerprint density at radius 1 is 1.22 bits per heavy atom. The molecule has 0 aliphatic heterocycles. The number of fused-ring (bicyclic) bond motifs is 1. The van der Waals surface area contributed by atoms with Gasteiger partial charge in [-0.05, 0) is 30.9 Å². The molecule has 1 fully saturated rings. The Morgan fingerprint density at radius 3 is 2.78 bits per heavy atom. The number of nitrogens with one attached hydrogen (secondary N) is 1. The molecule has 94 valence electrons. The van der Waals surface area contributed by atoms with Crippen molar-refractivity contribution in [2.24, 2.45) is 5.92 Å². The van der Waals surface area contributed by atoms with Crippen molar-refractivity contribution >= 4 is 16.6 Å². The molecule has 0 amide bonds. The lowest BCUT2D eigenvalue weighted by atomic mass is 9.82. The number of hydrogen-bond donors (Lipinski definition) is 1. The van der Waals surface area contributed by atoms with E-state index in [1.807, 2.05) is 24.4 Å². The molecule has 1 saturated carbocycles. The van der Waals surface area contributed by atoms with E-state index in [9.17, 15) is 0 Å². The second-order valence-corrected chi connectivity index (χ2v) is 5.13. The molecule has 3 nitrogen and oxygen atoms in total. The Balaban J connectivity index is 1.96.